The second kappa shape index (κ2) is 8.93. The first kappa shape index (κ1) is 22.1. The molecule has 6 rings (SSSR count). The Morgan fingerprint density at radius 1 is 0.824 bits per heavy atom. The van der Waals surface area contributed by atoms with E-state index in [2.05, 4.69) is 62.3 Å². The zero-order chi connectivity index (χ0) is 22.4. The second-order valence-corrected chi connectivity index (χ2v) is 8.75. The number of benzene rings is 3. The van der Waals surface area contributed by atoms with Gasteiger partial charge in [0.2, 0.25) is 0 Å². The fraction of sp³-hybridized carbons (Fsp3) is 0.0741. The molecule has 34 heavy (non-hydrogen) atoms. The van der Waals surface area contributed by atoms with Crippen LogP contribution in [0, 0.1) is 0 Å². The SMILES string of the molecule is C.Clc1ccc(C(c2ccc3c(c2)c(-c2cccc(Cl)c2)cc2cnnn23)n2ccnc2)cc1. The maximum absolute atomic E-state index is 6.33. The van der Waals surface area contributed by atoms with Crippen LogP contribution in [0.5, 0.6) is 0 Å². The van der Waals surface area contributed by atoms with Gasteiger partial charge in [-0.25, -0.2) is 9.50 Å². The summed E-state index contributed by atoms with van der Waals surface area (Å²) in [6.45, 7) is 0. The third-order valence-corrected chi connectivity index (χ3v) is 6.35. The second-order valence-electron chi connectivity index (χ2n) is 7.88. The molecule has 1 atom stereocenters. The Morgan fingerprint density at radius 2 is 1.65 bits per heavy atom. The fourth-order valence-electron chi connectivity index (χ4n) is 4.38. The summed E-state index contributed by atoms with van der Waals surface area (Å²) < 4.78 is 3.96. The van der Waals surface area contributed by atoms with Crippen molar-refractivity contribution in [3.8, 4) is 11.1 Å². The first-order valence-corrected chi connectivity index (χ1v) is 11.2. The van der Waals surface area contributed by atoms with E-state index in [9.17, 15) is 0 Å². The van der Waals surface area contributed by atoms with Gasteiger partial charge in [0.05, 0.1) is 29.6 Å². The zero-order valence-corrected chi connectivity index (χ0v) is 18.8. The minimum absolute atomic E-state index is 0. The van der Waals surface area contributed by atoms with Crippen molar-refractivity contribution in [3.63, 3.8) is 0 Å². The van der Waals surface area contributed by atoms with Gasteiger partial charge in [0.25, 0.3) is 0 Å². The molecule has 3 aromatic heterocycles. The largest absolute Gasteiger partial charge is 0.326 e. The summed E-state index contributed by atoms with van der Waals surface area (Å²) in [5, 5.41) is 10.9. The first-order chi connectivity index (χ1) is 16.2. The number of nitrogens with zero attached hydrogens (tertiary/aromatic N) is 5. The van der Waals surface area contributed by atoms with E-state index in [4.69, 9.17) is 23.2 Å². The Bertz CT molecular complexity index is 1590. The average Bonchev–Trinajstić information content (AvgIpc) is 3.52. The highest BCUT2D eigenvalue weighted by molar-refractivity contribution is 6.31. The number of aromatic nitrogens is 5. The van der Waals surface area contributed by atoms with Crippen molar-refractivity contribution >= 4 is 39.6 Å². The van der Waals surface area contributed by atoms with Crippen LogP contribution in [0.3, 0.4) is 0 Å². The highest BCUT2D eigenvalue weighted by Crippen LogP contribution is 2.35. The standard InChI is InChI=1S/C26H17Cl2N5.CH4/c27-20-7-4-17(5-8-20)26(32-11-10-29-16-32)19-6-9-25-24(13-19)23(14-22-15-30-31-33(22)25)18-2-1-3-21(28)12-18;/h1-16,26H;1H4. The molecule has 0 amide bonds. The summed E-state index contributed by atoms with van der Waals surface area (Å²) >= 11 is 12.5. The predicted molar refractivity (Wildman–Crippen MR) is 139 cm³/mol. The van der Waals surface area contributed by atoms with Crippen molar-refractivity contribution in [1.29, 1.82) is 0 Å². The number of halogens is 2. The van der Waals surface area contributed by atoms with Gasteiger partial charge in [-0.3, -0.25) is 0 Å². The summed E-state index contributed by atoms with van der Waals surface area (Å²) in [4.78, 5) is 4.28. The first-order valence-electron chi connectivity index (χ1n) is 10.4. The minimum atomic E-state index is -0.0622. The molecule has 0 saturated carbocycles. The van der Waals surface area contributed by atoms with Crippen molar-refractivity contribution in [2.45, 2.75) is 13.5 Å². The molecular formula is C27H21Cl2N5. The maximum atomic E-state index is 6.33. The molecule has 0 fully saturated rings. The Labute approximate surface area is 207 Å². The molecular weight excluding hydrogens is 465 g/mol. The molecule has 0 N–H and O–H groups in total. The Kier molecular flexibility index (Phi) is 5.82. The fourth-order valence-corrected chi connectivity index (χ4v) is 4.69. The van der Waals surface area contributed by atoms with Gasteiger partial charge < -0.3 is 4.57 Å². The minimum Gasteiger partial charge on any atom is -0.326 e. The average molecular weight is 486 g/mol. The van der Waals surface area contributed by atoms with Crippen LogP contribution < -0.4 is 0 Å². The lowest BCUT2D eigenvalue weighted by Crippen LogP contribution is -2.11. The topological polar surface area (TPSA) is 48.0 Å². The van der Waals surface area contributed by atoms with E-state index in [0.717, 1.165) is 38.7 Å². The van der Waals surface area contributed by atoms with Gasteiger partial charge in [0.1, 0.15) is 0 Å². The lowest BCUT2D eigenvalue weighted by Gasteiger charge is -2.21. The third-order valence-electron chi connectivity index (χ3n) is 5.87. The van der Waals surface area contributed by atoms with Gasteiger partial charge in [-0.1, -0.05) is 66.2 Å². The quantitative estimate of drug-likeness (QED) is 0.262. The van der Waals surface area contributed by atoms with E-state index in [1.807, 2.05) is 47.4 Å². The van der Waals surface area contributed by atoms with Gasteiger partial charge >= 0.3 is 0 Å². The summed E-state index contributed by atoms with van der Waals surface area (Å²) in [5.41, 5.74) is 6.25. The lowest BCUT2D eigenvalue weighted by molar-refractivity contribution is 0.677. The molecule has 0 bridgehead atoms. The van der Waals surface area contributed by atoms with Gasteiger partial charge in [0, 0.05) is 27.8 Å². The lowest BCUT2D eigenvalue weighted by atomic mass is 9.94. The van der Waals surface area contributed by atoms with Crippen LogP contribution in [0.25, 0.3) is 27.5 Å². The van der Waals surface area contributed by atoms with Crippen LogP contribution in [0.2, 0.25) is 10.0 Å². The molecule has 0 aliphatic carbocycles. The van der Waals surface area contributed by atoms with Gasteiger partial charge in [-0.05, 0) is 64.7 Å². The highest BCUT2D eigenvalue weighted by Gasteiger charge is 2.19. The monoisotopic (exact) mass is 485 g/mol. The number of fused-ring (bicyclic) bond motifs is 3. The number of hydrogen-bond donors (Lipinski definition) is 0. The zero-order valence-electron chi connectivity index (χ0n) is 17.3. The molecule has 7 heteroatoms. The van der Waals surface area contributed by atoms with Crippen LogP contribution in [0.4, 0.5) is 0 Å². The van der Waals surface area contributed by atoms with Crippen molar-refractivity contribution in [3.05, 3.63) is 119 Å². The van der Waals surface area contributed by atoms with E-state index in [1.54, 1.807) is 12.4 Å². The molecule has 3 aromatic carbocycles. The van der Waals surface area contributed by atoms with Gasteiger partial charge in [0.15, 0.2) is 0 Å². The summed E-state index contributed by atoms with van der Waals surface area (Å²) in [6, 6.07) is 24.3. The Hall–Kier alpha value is -3.67. The van der Waals surface area contributed by atoms with Crippen LogP contribution in [0.1, 0.15) is 24.6 Å². The maximum Gasteiger partial charge on any atom is 0.0954 e. The number of rotatable bonds is 4. The summed E-state index contributed by atoms with van der Waals surface area (Å²) in [6.07, 6.45) is 7.37. The molecule has 0 aliphatic heterocycles. The molecule has 5 nitrogen and oxygen atoms in total. The van der Waals surface area contributed by atoms with Crippen LogP contribution in [-0.2, 0) is 0 Å². The van der Waals surface area contributed by atoms with Crippen molar-refractivity contribution in [2.24, 2.45) is 0 Å². The molecule has 0 saturated heterocycles. The van der Waals surface area contributed by atoms with Crippen LogP contribution >= 0.6 is 23.2 Å². The Balaban J connectivity index is 0.00000241. The van der Waals surface area contributed by atoms with Crippen molar-refractivity contribution < 1.29 is 0 Å². The molecule has 0 aliphatic rings. The molecule has 168 valence electrons. The van der Waals surface area contributed by atoms with E-state index in [0.29, 0.717) is 10.0 Å². The summed E-state index contributed by atoms with van der Waals surface area (Å²) in [5.74, 6) is 0. The van der Waals surface area contributed by atoms with E-state index < -0.39 is 0 Å². The summed E-state index contributed by atoms with van der Waals surface area (Å²) in [7, 11) is 0. The van der Waals surface area contributed by atoms with Crippen molar-refractivity contribution in [1.82, 2.24) is 24.4 Å². The third kappa shape index (κ3) is 3.83. The van der Waals surface area contributed by atoms with Crippen LogP contribution in [0.15, 0.2) is 97.7 Å². The van der Waals surface area contributed by atoms with Gasteiger partial charge in [-0.2, -0.15) is 0 Å². The molecule has 6 aromatic rings. The Morgan fingerprint density at radius 3 is 2.41 bits per heavy atom. The number of pyridine rings is 1. The van der Waals surface area contributed by atoms with E-state index >= 15 is 0 Å². The highest BCUT2D eigenvalue weighted by atomic mass is 35.5. The van der Waals surface area contributed by atoms with Crippen LogP contribution in [-0.4, -0.2) is 24.4 Å². The van der Waals surface area contributed by atoms with Crippen molar-refractivity contribution in [2.75, 3.05) is 0 Å². The smallest absolute Gasteiger partial charge is 0.0954 e. The molecule has 0 spiro atoms. The van der Waals surface area contributed by atoms with E-state index in [1.165, 1.54) is 0 Å². The molecule has 0 radical (unpaired) electrons. The number of hydrogen-bond acceptors (Lipinski definition) is 3. The molecule has 3 heterocycles. The molecule has 1 unspecified atom stereocenters. The normalized spacial score (nSPS) is 12.1. The predicted octanol–water partition coefficient (Wildman–Crippen LogP) is 7.33. The van der Waals surface area contributed by atoms with E-state index in [-0.39, 0.29) is 13.5 Å². The number of imidazole rings is 1. The van der Waals surface area contributed by atoms with Gasteiger partial charge in [-0.15, -0.1) is 5.10 Å².